The van der Waals surface area contributed by atoms with Gasteiger partial charge in [-0.3, -0.25) is 10.2 Å². The van der Waals surface area contributed by atoms with Crippen LogP contribution in [0, 0.1) is 13.8 Å². The second kappa shape index (κ2) is 4.55. The highest BCUT2D eigenvalue weighted by Gasteiger charge is 2.06. The van der Waals surface area contributed by atoms with E-state index in [1.54, 1.807) is 6.33 Å². The normalized spacial score (nSPS) is 10.8. The Morgan fingerprint density at radius 2 is 2.12 bits per heavy atom. The SMILES string of the molecule is Cc1cc2ncn(CCC(=O)NN)c2cc1C. The van der Waals surface area contributed by atoms with Gasteiger partial charge in [-0.25, -0.2) is 10.8 Å². The standard InChI is InChI=1S/C12H16N4O/c1-8-5-10-11(6-9(8)2)16(7-14-10)4-3-12(17)15-13/h5-7H,3-4,13H2,1-2H3,(H,15,17). The van der Waals surface area contributed by atoms with Crippen LogP contribution in [0.4, 0.5) is 0 Å². The maximum atomic E-state index is 11.1. The number of hydrogen-bond donors (Lipinski definition) is 2. The van der Waals surface area contributed by atoms with Crippen molar-refractivity contribution in [2.45, 2.75) is 26.8 Å². The topological polar surface area (TPSA) is 72.9 Å². The highest BCUT2D eigenvalue weighted by molar-refractivity contribution is 5.78. The molecule has 0 unspecified atom stereocenters. The first-order valence-corrected chi connectivity index (χ1v) is 5.53. The van der Waals surface area contributed by atoms with E-state index in [0.29, 0.717) is 13.0 Å². The van der Waals surface area contributed by atoms with Gasteiger partial charge in [-0.1, -0.05) is 0 Å². The maximum Gasteiger partial charge on any atom is 0.235 e. The lowest BCUT2D eigenvalue weighted by Gasteiger charge is -2.05. The van der Waals surface area contributed by atoms with Crippen LogP contribution in [0.3, 0.4) is 0 Å². The second-order valence-electron chi connectivity index (χ2n) is 4.18. The lowest BCUT2D eigenvalue weighted by Crippen LogP contribution is -2.30. The van der Waals surface area contributed by atoms with E-state index in [4.69, 9.17) is 5.84 Å². The molecule has 17 heavy (non-hydrogen) atoms. The van der Waals surface area contributed by atoms with E-state index in [1.807, 2.05) is 4.57 Å². The summed E-state index contributed by atoms with van der Waals surface area (Å²) in [5, 5.41) is 0. The monoisotopic (exact) mass is 232 g/mol. The molecule has 2 aromatic rings. The number of aryl methyl sites for hydroxylation is 3. The van der Waals surface area contributed by atoms with Gasteiger partial charge in [0.1, 0.15) is 0 Å². The molecule has 0 radical (unpaired) electrons. The maximum absolute atomic E-state index is 11.1. The van der Waals surface area contributed by atoms with E-state index in [1.165, 1.54) is 11.1 Å². The smallest absolute Gasteiger partial charge is 0.235 e. The molecule has 90 valence electrons. The van der Waals surface area contributed by atoms with Crippen molar-refractivity contribution >= 4 is 16.9 Å². The Bertz CT molecular complexity index is 559. The molecule has 0 atom stereocenters. The van der Waals surface area contributed by atoms with E-state index >= 15 is 0 Å². The van der Waals surface area contributed by atoms with Gasteiger partial charge in [0, 0.05) is 13.0 Å². The van der Waals surface area contributed by atoms with E-state index in [2.05, 4.69) is 36.4 Å². The highest BCUT2D eigenvalue weighted by atomic mass is 16.2. The summed E-state index contributed by atoms with van der Waals surface area (Å²) in [6, 6.07) is 4.15. The Hall–Kier alpha value is -1.88. The van der Waals surface area contributed by atoms with Crippen LogP contribution in [0.1, 0.15) is 17.5 Å². The first-order valence-electron chi connectivity index (χ1n) is 5.53. The van der Waals surface area contributed by atoms with Crippen molar-refractivity contribution in [3.63, 3.8) is 0 Å². The van der Waals surface area contributed by atoms with Gasteiger partial charge >= 0.3 is 0 Å². The molecule has 0 saturated carbocycles. The molecule has 0 aliphatic heterocycles. The predicted molar refractivity (Wildman–Crippen MR) is 66.2 cm³/mol. The molecule has 0 fully saturated rings. The quantitative estimate of drug-likeness (QED) is 0.471. The van der Waals surface area contributed by atoms with Crippen LogP contribution >= 0.6 is 0 Å². The van der Waals surface area contributed by atoms with Crippen molar-refractivity contribution in [1.82, 2.24) is 15.0 Å². The molecule has 3 N–H and O–H groups in total. The largest absolute Gasteiger partial charge is 0.330 e. The van der Waals surface area contributed by atoms with E-state index in [9.17, 15) is 4.79 Å². The van der Waals surface area contributed by atoms with Crippen molar-refractivity contribution in [2.75, 3.05) is 0 Å². The number of aromatic nitrogens is 2. The van der Waals surface area contributed by atoms with Crippen molar-refractivity contribution in [3.8, 4) is 0 Å². The summed E-state index contributed by atoms with van der Waals surface area (Å²) in [4.78, 5) is 15.4. The first-order chi connectivity index (χ1) is 8.11. The number of benzene rings is 1. The fourth-order valence-corrected chi connectivity index (χ4v) is 1.79. The molecule has 0 spiro atoms. The van der Waals surface area contributed by atoms with Gasteiger partial charge in [-0.05, 0) is 37.1 Å². The third-order valence-corrected chi connectivity index (χ3v) is 2.98. The molecule has 1 heterocycles. The summed E-state index contributed by atoms with van der Waals surface area (Å²) in [6.45, 7) is 4.72. The molecular weight excluding hydrogens is 216 g/mol. The minimum Gasteiger partial charge on any atom is -0.330 e. The molecule has 5 heteroatoms. The Morgan fingerprint density at radius 1 is 1.41 bits per heavy atom. The minimum atomic E-state index is -0.171. The van der Waals surface area contributed by atoms with Crippen LogP contribution in [-0.2, 0) is 11.3 Å². The van der Waals surface area contributed by atoms with Crippen LogP contribution in [0.25, 0.3) is 11.0 Å². The molecule has 5 nitrogen and oxygen atoms in total. The van der Waals surface area contributed by atoms with Gasteiger partial charge in [0.15, 0.2) is 0 Å². The van der Waals surface area contributed by atoms with Crippen molar-refractivity contribution in [3.05, 3.63) is 29.6 Å². The van der Waals surface area contributed by atoms with Crippen LogP contribution in [0.2, 0.25) is 0 Å². The number of carbonyl (C=O) groups is 1. The summed E-state index contributed by atoms with van der Waals surface area (Å²) in [7, 11) is 0. The van der Waals surface area contributed by atoms with Gasteiger partial charge in [0.25, 0.3) is 0 Å². The molecule has 0 aliphatic rings. The molecular formula is C12H16N4O. The summed E-state index contributed by atoms with van der Waals surface area (Å²) in [5.74, 6) is 4.87. The predicted octanol–water partition coefficient (Wildman–Crippen LogP) is 1.03. The third-order valence-electron chi connectivity index (χ3n) is 2.98. The number of nitrogens with zero attached hydrogens (tertiary/aromatic N) is 2. The van der Waals surface area contributed by atoms with E-state index in [-0.39, 0.29) is 5.91 Å². The number of imidazole rings is 1. The molecule has 0 bridgehead atoms. The molecule has 1 aromatic heterocycles. The zero-order valence-electron chi connectivity index (χ0n) is 10.0. The number of carbonyl (C=O) groups excluding carboxylic acids is 1. The van der Waals surface area contributed by atoms with Gasteiger partial charge in [-0.2, -0.15) is 0 Å². The summed E-state index contributed by atoms with van der Waals surface area (Å²) < 4.78 is 1.97. The zero-order valence-corrected chi connectivity index (χ0v) is 10.0. The number of nitrogens with two attached hydrogens (primary N) is 1. The summed E-state index contributed by atoms with van der Waals surface area (Å²) >= 11 is 0. The van der Waals surface area contributed by atoms with Crippen molar-refractivity contribution < 1.29 is 4.79 Å². The second-order valence-corrected chi connectivity index (χ2v) is 4.18. The lowest BCUT2D eigenvalue weighted by molar-refractivity contribution is -0.121. The van der Waals surface area contributed by atoms with Gasteiger partial charge < -0.3 is 4.57 Å². The molecule has 1 aromatic carbocycles. The van der Waals surface area contributed by atoms with Crippen LogP contribution in [0.5, 0.6) is 0 Å². The summed E-state index contributed by atoms with van der Waals surface area (Å²) in [6.07, 6.45) is 2.11. The van der Waals surface area contributed by atoms with Gasteiger partial charge in [-0.15, -0.1) is 0 Å². The van der Waals surface area contributed by atoms with Gasteiger partial charge in [0.2, 0.25) is 5.91 Å². The number of hydrazine groups is 1. The Labute approximate surface area is 99.6 Å². The van der Waals surface area contributed by atoms with Crippen LogP contribution < -0.4 is 11.3 Å². The van der Waals surface area contributed by atoms with E-state index < -0.39 is 0 Å². The van der Waals surface area contributed by atoms with Crippen LogP contribution in [-0.4, -0.2) is 15.5 Å². The number of nitrogens with one attached hydrogen (secondary N) is 1. The third kappa shape index (κ3) is 2.29. The van der Waals surface area contributed by atoms with E-state index in [0.717, 1.165) is 11.0 Å². The Kier molecular flexibility index (Phi) is 3.10. The number of rotatable bonds is 3. The zero-order chi connectivity index (χ0) is 12.4. The average Bonchev–Trinajstić information content (AvgIpc) is 2.69. The van der Waals surface area contributed by atoms with Gasteiger partial charge in [0.05, 0.1) is 17.4 Å². The Morgan fingerprint density at radius 3 is 2.82 bits per heavy atom. The fraction of sp³-hybridized carbons (Fsp3) is 0.333. The van der Waals surface area contributed by atoms with Crippen molar-refractivity contribution in [1.29, 1.82) is 0 Å². The molecule has 0 saturated heterocycles. The molecule has 2 rings (SSSR count). The highest BCUT2D eigenvalue weighted by Crippen LogP contribution is 2.18. The lowest BCUT2D eigenvalue weighted by atomic mass is 10.1. The number of amides is 1. The van der Waals surface area contributed by atoms with Crippen LogP contribution in [0.15, 0.2) is 18.5 Å². The number of hydrogen-bond acceptors (Lipinski definition) is 3. The first kappa shape index (κ1) is 11.6. The Balaban J connectivity index is 2.29. The average molecular weight is 232 g/mol. The van der Waals surface area contributed by atoms with Crippen molar-refractivity contribution in [2.24, 2.45) is 5.84 Å². The molecule has 1 amide bonds. The summed E-state index contributed by atoms with van der Waals surface area (Å²) in [5.41, 5.74) is 6.59. The molecule has 0 aliphatic carbocycles. The number of fused-ring (bicyclic) bond motifs is 1. The fourth-order valence-electron chi connectivity index (χ4n) is 1.79. The minimum absolute atomic E-state index is 0.171.